The van der Waals surface area contributed by atoms with Crippen LogP contribution in [0.15, 0.2) is 0 Å². The van der Waals surface area contributed by atoms with E-state index in [0.29, 0.717) is 13.2 Å². The van der Waals surface area contributed by atoms with Crippen LogP contribution in [0.4, 0.5) is 0 Å². The van der Waals surface area contributed by atoms with E-state index in [-0.39, 0.29) is 11.4 Å². The first-order chi connectivity index (χ1) is 8.04. The lowest BCUT2D eigenvalue weighted by molar-refractivity contribution is -0.154. The highest BCUT2D eigenvalue weighted by Gasteiger charge is 2.28. The largest absolute Gasteiger partial charge is 0.465 e. The van der Waals surface area contributed by atoms with Gasteiger partial charge in [-0.3, -0.25) is 4.79 Å². The molecule has 0 rings (SSSR count). The zero-order valence-corrected chi connectivity index (χ0v) is 11.8. The summed E-state index contributed by atoms with van der Waals surface area (Å²) in [5.74, 6) is -0.0820. The predicted octanol–water partition coefficient (Wildman–Crippen LogP) is 3.27. The molecule has 0 unspecified atom stereocenters. The number of carbonyl (C=O) groups excluding carboxylic acids is 1. The molecule has 0 amide bonds. The Labute approximate surface area is 106 Å². The topological polar surface area (TPSA) is 52.3 Å². The van der Waals surface area contributed by atoms with Crippen LogP contribution in [0.1, 0.15) is 65.7 Å². The summed E-state index contributed by atoms with van der Waals surface area (Å²) in [7, 11) is 0. The third-order valence-corrected chi connectivity index (χ3v) is 3.04. The van der Waals surface area contributed by atoms with Gasteiger partial charge < -0.3 is 10.5 Å². The highest BCUT2D eigenvalue weighted by Crippen LogP contribution is 2.25. The highest BCUT2D eigenvalue weighted by atomic mass is 16.5. The first-order valence-corrected chi connectivity index (χ1v) is 6.92. The molecule has 3 nitrogen and oxygen atoms in total. The number of ether oxygens (including phenoxy) is 1. The molecule has 102 valence electrons. The van der Waals surface area contributed by atoms with Crippen molar-refractivity contribution in [1.29, 1.82) is 0 Å². The quantitative estimate of drug-likeness (QED) is 0.473. The lowest BCUT2D eigenvalue weighted by Gasteiger charge is -2.22. The van der Waals surface area contributed by atoms with E-state index in [0.717, 1.165) is 19.3 Å². The van der Waals surface area contributed by atoms with Crippen LogP contribution in [-0.2, 0) is 9.53 Å². The molecule has 0 spiro atoms. The molecule has 0 aliphatic rings. The van der Waals surface area contributed by atoms with Crippen molar-refractivity contribution in [3.63, 3.8) is 0 Å². The number of hydrogen-bond acceptors (Lipinski definition) is 3. The fraction of sp³-hybridized carbons (Fsp3) is 0.929. The van der Waals surface area contributed by atoms with Crippen LogP contribution >= 0.6 is 0 Å². The Morgan fingerprint density at radius 1 is 1.12 bits per heavy atom. The van der Waals surface area contributed by atoms with E-state index < -0.39 is 0 Å². The maximum absolute atomic E-state index is 11.8. The zero-order chi connectivity index (χ0) is 13.1. The minimum atomic E-state index is -0.346. The summed E-state index contributed by atoms with van der Waals surface area (Å²) in [6, 6.07) is 0. The Morgan fingerprint density at radius 3 is 2.35 bits per heavy atom. The SMILES string of the molecule is CCCCCCCC(C)(C)C(=O)OCCCN. The number of carbonyl (C=O) groups is 1. The van der Waals surface area contributed by atoms with E-state index in [2.05, 4.69) is 6.92 Å². The van der Waals surface area contributed by atoms with Gasteiger partial charge >= 0.3 is 5.97 Å². The van der Waals surface area contributed by atoms with Gasteiger partial charge in [0.15, 0.2) is 0 Å². The second kappa shape index (κ2) is 9.46. The van der Waals surface area contributed by atoms with Crippen molar-refractivity contribution in [2.45, 2.75) is 65.7 Å². The normalized spacial score (nSPS) is 11.5. The average molecular weight is 243 g/mol. The Hall–Kier alpha value is -0.570. The van der Waals surface area contributed by atoms with Gasteiger partial charge in [-0.05, 0) is 33.2 Å². The molecular formula is C14H29NO2. The van der Waals surface area contributed by atoms with Crippen molar-refractivity contribution in [2.75, 3.05) is 13.2 Å². The molecule has 0 aliphatic carbocycles. The second-order valence-corrected chi connectivity index (χ2v) is 5.33. The average Bonchev–Trinajstić information content (AvgIpc) is 2.29. The fourth-order valence-electron chi connectivity index (χ4n) is 1.72. The standard InChI is InChI=1S/C14H29NO2/c1-4-5-6-7-8-10-14(2,3)13(16)17-12-9-11-15/h4-12,15H2,1-3H3. The molecule has 0 fully saturated rings. The van der Waals surface area contributed by atoms with Gasteiger partial charge in [-0.2, -0.15) is 0 Å². The molecule has 17 heavy (non-hydrogen) atoms. The van der Waals surface area contributed by atoms with Gasteiger partial charge in [0.05, 0.1) is 12.0 Å². The summed E-state index contributed by atoms with van der Waals surface area (Å²) >= 11 is 0. The molecule has 0 aromatic carbocycles. The van der Waals surface area contributed by atoms with Crippen LogP contribution in [0, 0.1) is 5.41 Å². The lowest BCUT2D eigenvalue weighted by Crippen LogP contribution is -2.27. The van der Waals surface area contributed by atoms with E-state index in [1.165, 1.54) is 25.7 Å². The van der Waals surface area contributed by atoms with Crippen molar-refractivity contribution in [3.8, 4) is 0 Å². The summed E-state index contributed by atoms with van der Waals surface area (Å²) in [4.78, 5) is 11.8. The molecule has 0 radical (unpaired) electrons. The number of hydrogen-bond donors (Lipinski definition) is 1. The monoisotopic (exact) mass is 243 g/mol. The number of nitrogens with two attached hydrogens (primary N) is 1. The van der Waals surface area contributed by atoms with Gasteiger partial charge in [0.1, 0.15) is 0 Å². The number of rotatable bonds is 10. The zero-order valence-electron chi connectivity index (χ0n) is 11.8. The van der Waals surface area contributed by atoms with Gasteiger partial charge in [-0.25, -0.2) is 0 Å². The smallest absolute Gasteiger partial charge is 0.311 e. The van der Waals surface area contributed by atoms with Crippen LogP contribution in [0.3, 0.4) is 0 Å². The maximum atomic E-state index is 11.8. The molecule has 0 saturated heterocycles. The predicted molar refractivity (Wildman–Crippen MR) is 71.8 cm³/mol. The van der Waals surface area contributed by atoms with Crippen LogP contribution in [0.5, 0.6) is 0 Å². The Kier molecular flexibility index (Phi) is 9.14. The van der Waals surface area contributed by atoms with Crippen molar-refractivity contribution in [2.24, 2.45) is 11.1 Å². The van der Waals surface area contributed by atoms with Crippen LogP contribution in [-0.4, -0.2) is 19.1 Å². The summed E-state index contributed by atoms with van der Waals surface area (Å²) in [6.45, 7) is 7.17. The summed E-state index contributed by atoms with van der Waals surface area (Å²) in [5.41, 5.74) is 5.01. The second-order valence-electron chi connectivity index (χ2n) is 5.33. The molecule has 3 heteroatoms. The van der Waals surface area contributed by atoms with Gasteiger partial charge in [0.2, 0.25) is 0 Å². The van der Waals surface area contributed by atoms with Crippen molar-refractivity contribution < 1.29 is 9.53 Å². The van der Waals surface area contributed by atoms with Gasteiger partial charge in [-0.15, -0.1) is 0 Å². The van der Waals surface area contributed by atoms with Crippen molar-refractivity contribution >= 4 is 5.97 Å². The molecule has 0 aliphatic heterocycles. The summed E-state index contributed by atoms with van der Waals surface area (Å²) in [5, 5.41) is 0. The molecule has 0 heterocycles. The molecule has 0 saturated carbocycles. The highest BCUT2D eigenvalue weighted by molar-refractivity contribution is 5.75. The van der Waals surface area contributed by atoms with E-state index in [4.69, 9.17) is 10.5 Å². The van der Waals surface area contributed by atoms with E-state index >= 15 is 0 Å². The molecule has 0 atom stereocenters. The van der Waals surface area contributed by atoms with Crippen LogP contribution in [0.2, 0.25) is 0 Å². The molecule has 0 aromatic heterocycles. The molecular weight excluding hydrogens is 214 g/mol. The third-order valence-electron chi connectivity index (χ3n) is 3.04. The van der Waals surface area contributed by atoms with E-state index in [1.54, 1.807) is 0 Å². The first-order valence-electron chi connectivity index (χ1n) is 6.92. The maximum Gasteiger partial charge on any atom is 0.311 e. The van der Waals surface area contributed by atoms with Gasteiger partial charge in [0, 0.05) is 0 Å². The Bertz CT molecular complexity index is 202. The Morgan fingerprint density at radius 2 is 1.76 bits per heavy atom. The number of esters is 1. The minimum Gasteiger partial charge on any atom is -0.465 e. The van der Waals surface area contributed by atoms with Gasteiger partial charge in [-0.1, -0.05) is 39.0 Å². The third kappa shape index (κ3) is 8.19. The number of unbranched alkanes of at least 4 members (excludes halogenated alkanes) is 4. The van der Waals surface area contributed by atoms with E-state index in [9.17, 15) is 4.79 Å². The van der Waals surface area contributed by atoms with Crippen LogP contribution in [0.25, 0.3) is 0 Å². The lowest BCUT2D eigenvalue weighted by atomic mass is 9.87. The Balaban J connectivity index is 3.72. The van der Waals surface area contributed by atoms with Crippen LogP contribution < -0.4 is 5.73 Å². The molecule has 0 aromatic rings. The molecule has 2 N–H and O–H groups in total. The van der Waals surface area contributed by atoms with Crippen molar-refractivity contribution in [3.05, 3.63) is 0 Å². The summed E-state index contributed by atoms with van der Waals surface area (Å²) < 4.78 is 5.21. The minimum absolute atomic E-state index is 0.0820. The van der Waals surface area contributed by atoms with Crippen molar-refractivity contribution in [1.82, 2.24) is 0 Å². The van der Waals surface area contributed by atoms with Gasteiger partial charge in [0.25, 0.3) is 0 Å². The van der Waals surface area contributed by atoms with E-state index in [1.807, 2.05) is 13.8 Å². The summed E-state index contributed by atoms with van der Waals surface area (Å²) in [6.07, 6.45) is 7.81. The first kappa shape index (κ1) is 16.4. The fourth-order valence-corrected chi connectivity index (χ4v) is 1.72. The molecule has 0 bridgehead atoms.